The summed E-state index contributed by atoms with van der Waals surface area (Å²) in [5, 5.41) is 0. The number of fused-ring (bicyclic) bond motifs is 2. The third kappa shape index (κ3) is 4.74. The van der Waals surface area contributed by atoms with Gasteiger partial charge in [0.05, 0.1) is 0 Å². The number of rotatable bonds is 10. The van der Waals surface area contributed by atoms with Gasteiger partial charge in [0.1, 0.15) is 0 Å². The van der Waals surface area contributed by atoms with Crippen LogP contribution < -0.4 is 0 Å². The molecule has 0 saturated heterocycles. The van der Waals surface area contributed by atoms with Gasteiger partial charge in [-0.2, -0.15) is 0 Å². The van der Waals surface area contributed by atoms with E-state index < -0.39 is 0 Å². The molecule has 0 bridgehead atoms. The monoisotopic (exact) mass is 494 g/mol. The first-order chi connectivity index (χ1) is 13.1. The zero-order valence-corrected chi connectivity index (χ0v) is 20.4. The van der Waals surface area contributed by atoms with Gasteiger partial charge in [-0.05, 0) is 42.4 Å². The highest BCUT2D eigenvalue weighted by Crippen LogP contribution is 2.60. The van der Waals surface area contributed by atoms with Gasteiger partial charge in [-0.15, -0.1) is 0 Å². The van der Waals surface area contributed by atoms with E-state index in [0.717, 1.165) is 6.42 Å². The molecule has 0 spiro atoms. The van der Waals surface area contributed by atoms with Crippen molar-refractivity contribution in [3.8, 4) is 0 Å². The highest BCUT2D eigenvalue weighted by atomic mass is 79.9. The fourth-order valence-corrected chi connectivity index (χ4v) is 6.22. The Morgan fingerprint density at radius 3 is 2.22 bits per heavy atom. The molecule has 0 aromatic carbocycles. The lowest BCUT2D eigenvalue weighted by Crippen LogP contribution is -2.26. The molecule has 3 rings (SSSR count). The summed E-state index contributed by atoms with van der Waals surface area (Å²) in [6.07, 6.45) is 25.8. The van der Waals surface area contributed by atoms with Crippen LogP contribution in [0.25, 0.3) is 0 Å². The molecular weight excluding hydrogens is 460 g/mol. The number of unbranched alkanes of at least 4 members (excludes halogenated alkanes) is 6. The van der Waals surface area contributed by atoms with Gasteiger partial charge in [-0.3, -0.25) is 0 Å². The van der Waals surface area contributed by atoms with Crippen LogP contribution in [-0.4, -0.2) is 9.65 Å². The van der Waals surface area contributed by atoms with E-state index in [4.69, 9.17) is 0 Å². The normalized spacial score (nSPS) is 25.9. The van der Waals surface area contributed by atoms with E-state index >= 15 is 0 Å². The predicted octanol–water partition coefficient (Wildman–Crippen LogP) is 8.97. The molecule has 0 heterocycles. The standard InChI is InChI=1S/C25H36Br2/c1-3-5-7-9-15-25(16-10-8-6-4-2)23-17-19(26)11-13-21(23)22-14-12-20(27)18-24(22)25/h11,13-14,18-20H,3-10,12,15-17H2,1-2H3. The molecule has 3 aliphatic rings. The van der Waals surface area contributed by atoms with Crippen molar-refractivity contribution in [2.24, 2.45) is 5.41 Å². The molecule has 27 heavy (non-hydrogen) atoms. The minimum absolute atomic E-state index is 0.297. The zero-order chi connectivity index (χ0) is 19.3. The van der Waals surface area contributed by atoms with E-state index in [1.807, 2.05) is 0 Å². The maximum Gasteiger partial charge on any atom is 0.0366 e. The van der Waals surface area contributed by atoms with Crippen molar-refractivity contribution in [1.29, 1.82) is 0 Å². The average molecular weight is 496 g/mol. The summed E-state index contributed by atoms with van der Waals surface area (Å²) in [4.78, 5) is 1.01. The molecular formula is C25H36Br2. The molecule has 150 valence electrons. The maximum absolute atomic E-state index is 3.91. The summed E-state index contributed by atoms with van der Waals surface area (Å²) in [5.41, 5.74) is 6.86. The summed E-state index contributed by atoms with van der Waals surface area (Å²) in [5.74, 6) is 0. The molecule has 0 N–H and O–H groups in total. The number of hydrogen-bond donors (Lipinski definition) is 0. The minimum Gasteiger partial charge on any atom is -0.0842 e. The van der Waals surface area contributed by atoms with Crippen molar-refractivity contribution < 1.29 is 0 Å². The fraction of sp³-hybridized carbons (Fsp3) is 0.680. The third-order valence-corrected chi connectivity index (χ3v) is 7.95. The van der Waals surface area contributed by atoms with Crippen LogP contribution in [0, 0.1) is 5.41 Å². The van der Waals surface area contributed by atoms with Crippen LogP contribution in [0.5, 0.6) is 0 Å². The Kier molecular flexibility index (Phi) is 8.09. The smallest absolute Gasteiger partial charge is 0.0366 e. The molecule has 0 radical (unpaired) electrons. The first kappa shape index (κ1) is 21.6. The predicted molar refractivity (Wildman–Crippen MR) is 127 cm³/mol. The van der Waals surface area contributed by atoms with Crippen LogP contribution in [0.4, 0.5) is 0 Å². The van der Waals surface area contributed by atoms with Crippen LogP contribution in [0.3, 0.4) is 0 Å². The Balaban J connectivity index is 1.94. The fourth-order valence-electron chi connectivity index (χ4n) is 5.30. The van der Waals surface area contributed by atoms with Crippen LogP contribution in [-0.2, 0) is 0 Å². The SMILES string of the molecule is CCCCCCC1(CCCCCC)C2=CC(Br)CC=C2C2=C1CC(Br)C=C2. The summed E-state index contributed by atoms with van der Waals surface area (Å²) < 4.78 is 0. The zero-order valence-electron chi connectivity index (χ0n) is 17.2. The summed E-state index contributed by atoms with van der Waals surface area (Å²) in [6.45, 7) is 4.63. The van der Waals surface area contributed by atoms with E-state index in [-0.39, 0.29) is 0 Å². The maximum atomic E-state index is 3.91. The highest BCUT2D eigenvalue weighted by molar-refractivity contribution is 9.09. The Hall–Kier alpha value is -0.0800. The lowest BCUT2D eigenvalue weighted by Gasteiger charge is -2.37. The molecule has 0 nitrogen and oxygen atoms in total. The van der Waals surface area contributed by atoms with Crippen molar-refractivity contribution >= 4 is 31.9 Å². The van der Waals surface area contributed by atoms with Crippen molar-refractivity contribution in [2.75, 3.05) is 0 Å². The highest BCUT2D eigenvalue weighted by Gasteiger charge is 2.47. The lowest BCUT2D eigenvalue weighted by molar-refractivity contribution is 0.334. The molecule has 0 saturated carbocycles. The number of alkyl halides is 2. The van der Waals surface area contributed by atoms with Crippen LogP contribution in [0.2, 0.25) is 0 Å². The Bertz CT molecular complexity index is 623. The Labute approximate surface area is 183 Å². The topological polar surface area (TPSA) is 0 Å². The second-order valence-corrected chi connectivity index (χ2v) is 11.0. The quantitative estimate of drug-likeness (QED) is 0.209. The molecule has 0 aromatic heterocycles. The van der Waals surface area contributed by atoms with E-state index in [1.54, 1.807) is 22.3 Å². The second-order valence-electron chi connectivity index (χ2n) is 8.62. The molecule has 0 fully saturated rings. The van der Waals surface area contributed by atoms with Crippen molar-refractivity contribution in [1.82, 2.24) is 0 Å². The summed E-state index contributed by atoms with van der Waals surface area (Å²) in [6, 6.07) is 0. The number of allylic oxidation sites excluding steroid dienone is 8. The van der Waals surface area contributed by atoms with Gasteiger partial charge in [0.15, 0.2) is 0 Å². The van der Waals surface area contributed by atoms with E-state index in [9.17, 15) is 0 Å². The summed E-state index contributed by atoms with van der Waals surface area (Å²) in [7, 11) is 0. The lowest BCUT2D eigenvalue weighted by atomic mass is 9.67. The molecule has 2 atom stereocenters. The molecule has 0 aromatic rings. The van der Waals surface area contributed by atoms with E-state index in [0.29, 0.717) is 15.1 Å². The number of halogens is 2. The van der Waals surface area contributed by atoms with E-state index in [2.05, 4.69) is 70.0 Å². The molecule has 2 unspecified atom stereocenters. The van der Waals surface area contributed by atoms with Crippen LogP contribution in [0.15, 0.2) is 46.6 Å². The van der Waals surface area contributed by atoms with Crippen molar-refractivity contribution in [3.05, 3.63) is 46.6 Å². The largest absolute Gasteiger partial charge is 0.0842 e. The van der Waals surface area contributed by atoms with E-state index in [1.165, 1.54) is 70.6 Å². The number of hydrogen-bond acceptors (Lipinski definition) is 0. The van der Waals surface area contributed by atoms with Gasteiger partial charge in [0, 0.05) is 15.1 Å². The van der Waals surface area contributed by atoms with Gasteiger partial charge in [0.25, 0.3) is 0 Å². The van der Waals surface area contributed by atoms with Gasteiger partial charge >= 0.3 is 0 Å². The summed E-state index contributed by atoms with van der Waals surface area (Å²) >= 11 is 7.81. The molecule has 2 heteroatoms. The van der Waals surface area contributed by atoms with Gasteiger partial charge in [-0.1, -0.05) is 127 Å². The Morgan fingerprint density at radius 2 is 1.59 bits per heavy atom. The Morgan fingerprint density at radius 1 is 0.926 bits per heavy atom. The van der Waals surface area contributed by atoms with Gasteiger partial charge < -0.3 is 0 Å². The first-order valence-corrected chi connectivity index (χ1v) is 13.1. The average Bonchev–Trinajstić information content (AvgIpc) is 2.92. The molecule has 0 amide bonds. The van der Waals surface area contributed by atoms with Crippen LogP contribution >= 0.6 is 31.9 Å². The molecule has 3 aliphatic carbocycles. The van der Waals surface area contributed by atoms with Gasteiger partial charge in [-0.25, -0.2) is 0 Å². The van der Waals surface area contributed by atoms with Crippen molar-refractivity contribution in [2.45, 2.75) is 101 Å². The van der Waals surface area contributed by atoms with Crippen molar-refractivity contribution in [3.63, 3.8) is 0 Å². The van der Waals surface area contributed by atoms with Gasteiger partial charge in [0.2, 0.25) is 0 Å². The third-order valence-electron chi connectivity index (χ3n) is 6.68. The minimum atomic E-state index is 0.297. The van der Waals surface area contributed by atoms with Crippen LogP contribution in [0.1, 0.15) is 90.9 Å². The first-order valence-electron chi connectivity index (χ1n) is 11.3. The second kappa shape index (κ2) is 10.1. The molecule has 0 aliphatic heterocycles.